The van der Waals surface area contributed by atoms with Crippen molar-refractivity contribution in [3.63, 3.8) is 0 Å². The molecule has 152 valence electrons. The molecule has 1 aliphatic heterocycles. The lowest BCUT2D eigenvalue weighted by molar-refractivity contribution is -0.121. The molecule has 0 spiro atoms. The lowest BCUT2D eigenvalue weighted by Gasteiger charge is -2.26. The molecular weight excluding hydrogens is 396 g/mol. The Labute approximate surface area is 173 Å². The van der Waals surface area contributed by atoms with Gasteiger partial charge in [-0.05, 0) is 24.5 Å². The maximum Gasteiger partial charge on any atom is 0.279 e. The number of hydrazine groups is 1. The molecule has 0 aliphatic carbocycles. The van der Waals surface area contributed by atoms with Crippen LogP contribution in [-0.4, -0.2) is 43.1 Å². The number of aryl methyl sites for hydroxylation is 2. The number of ether oxygens (including phenoxy) is 1. The molecule has 2 N–H and O–H groups in total. The van der Waals surface area contributed by atoms with Gasteiger partial charge in [0.05, 0.1) is 30.2 Å². The third kappa shape index (κ3) is 5.30. The minimum absolute atomic E-state index is 0.132. The number of thiophene rings is 1. The van der Waals surface area contributed by atoms with E-state index < -0.39 is 0 Å². The van der Waals surface area contributed by atoms with Gasteiger partial charge in [-0.2, -0.15) is 0 Å². The van der Waals surface area contributed by atoms with E-state index in [4.69, 9.17) is 4.74 Å². The number of morpholine rings is 1. The molecule has 2 amide bonds. The molecule has 0 bridgehead atoms. The summed E-state index contributed by atoms with van der Waals surface area (Å²) in [6.45, 7) is 7.24. The molecule has 0 unspecified atom stereocenters. The largest absolute Gasteiger partial charge is 0.378 e. The molecule has 0 aromatic carbocycles. The van der Waals surface area contributed by atoms with Crippen molar-refractivity contribution in [1.82, 2.24) is 15.8 Å². The second-order valence-corrected chi connectivity index (χ2v) is 8.54. The van der Waals surface area contributed by atoms with Gasteiger partial charge in [-0.1, -0.05) is 20.3 Å². The standard InChI is InChI=1S/C19H26N4O3S2/c1-3-5-15-13(4-2)10-16(28-15)18(25)22-21-17(24)11-14-12-27-19(20-14)23-6-8-26-9-7-23/h10,12H,3-9,11H2,1-2H3,(H,21,24)(H,22,25). The highest BCUT2D eigenvalue weighted by Gasteiger charge is 2.17. The quantitative estimate of drug-likeness (QED) is 0.670. The summed E-state index contributed by atoms with van der Waals surface area (Å²) in [4.78, 5) is 33.1. The summed E-state index contributed by atoms with van der Waals surface area (Å²) in [7, 11) is 0. The topological polar surface area (TPSA) is 83.6 Å². The molecule has 1 saturated heterocycles. The van der Waals surface area contributed by atoms with E-state index >= 15 is 0 Å². The fraction of sp³-hybridized carbons (Fsp3) is 0.526. The van der Waals surface area contributed by atoms with E-state index in [2.05, 4.69) is 34.6 Å². The average molecular weight is 423 g/mol. The Morgan fingerprint density at radius 1 is 1.25 bits per heavy atom. The van der Waals surface area contributed by atoms with Gasteiger partial charge in [0.1, 0.15) is 0 Å². The van der Waals surface area contributed by atoms with Gasteiger partial charge in [0, 0.05) is 23.3 Å². The fourth-order valence-corrected chi connectivity index (χ4v) is 5.12. The molecule has 7 nitrogen and oxygen atoms in total. The summed E-state index contributed by atoms with van der Waals surface area (Å²) in [5.41, 5.74) is 6.92. The summed E-state index contributed by atoms with van der Waals surface area (Å²) in [6, 6.07) is 1.92. The Hall–Kier alpha value is -1.97. The minimum atomic E-state index is -0.284. The summed E-state index contributed by atoms with van der Waals surface area (Å²) in [5, 5.41) is 2.79. The van der Waals surface area contributed by atoms with Crippen LogP contribution in [0, 0.1) is 0 Å². The first-order chi connectivity index (χ1) is 13.6. The highest BCUT2D eigenvalue weighted by atomic mass is 32.1. The number of anilines is 1. The summed E-state index contributed by atoms with van der Waals surface area (Å²) in [5.74, 6) is -0.559. The SMILES string of the molecule is CCCc1sc(C(=O)NNC(=O)Cc2csc(N3CCOCC3)n2)cc1CC. The van der Waals surface area contributed by atoms with Gasteiger partial charge in [-0.3, -0.25) is 20.4 Å². The van der Waals surface area contributed by atoms with Gasteiger partial charge in [-0.15, -0.1) is 22.7 Å². The first kappa shape index (κ1) is 20.8. The third-order valence-corrected chi connectivity index (χ3v) is 6.64. The van der Waals surface area contributed by atoms with Gasteiger partial charge in [-0.25, -0.2) is 4.98 Å². The molecule has 3 rings (SSSR count). The van der Waals surface area contributed by atoms with Crippen LogP contribution in [-0.2, 0) is 28.8 Å². The molecule has 3 heterocycles. The van der Waals surface area contributed by atoms with Gasteiger partial charge < -0.3 is 9.64 Å². The van der Waals surface area contributed by atoms with Crippen molar-refractivity contribution in [2.75, 3.05) is 31.2 Å². The fourth-order valence-electron chi connectivity index (χ4n) is 2.99. The second-order valence-electron chi connectivity index (χ2n) is 6.56. The monoisotopic (exact) mass is 422 g/mol. The molecule has 28 heavy (non-hydrogen) atoms. The van der Waals surface area contributed by atoms with Crippen molar-refractivity contribution in [3.05, 3.63) is 32.5 Å². The number of carbonyl (C=O) groups excluding carboxylic acids is 2. The van der Waals surface area contributed by atoms with E-state index in [1.807, 2.05) is 11.4 Å². The molecular formula is C19H26N4O3S2. The lowest BCUT2D eigenvalue weighted by Crippen LogP contribution is -2.42. The van der Waals surface area contributed by atoms with Gasteiger partial charge in [0.25, 0.3) is 5.91 Å². The van der Waals surface area contributed by atoms with E-state index in [-0.39, 0.29) is 18.2 Å². The zero-order chi connectivity index (χ0) is 19.9. The van der Waals surface area contributed by atoms with Crippen molar-refractivity contribution in [2.24, 2.45) is 0 Å². The van der Waals surface area contributed by atoms with Crippen molar-refractivity contribution < 1.29 is 14.3 Å². The Balaban J connectivity index is 1.50. The summed E-state index contributed by atoms with van der Waals surface area (Å²) >= 11 is 3.03. The van der Waals surface area contributed by atoms with Crippen LogP contribution in [0.5, 0.6) is 0 Å². The first-order valence-electron chi connectivity index (χ1n) is 9.58. The number of rotatable bonds is 7. The predicted octanol–water partition coefficient (Wildman–Crippen LogP) is 2.56. The normalized spacial score (nSPS) is 14.1. The molecule has 9 heteroatoms. The minimum Gasteiger partial charge on any atom is -0.378 e. The highest BCUT2D eigenvalue weighted by molar-refractivity contribution is 7.14. The van der Waals surface area contributed by atoms with E-state index in [1.54, 1.807) is 0 Å². The number of nitrogens with zero attached hydrogens (tertiary/aromatic N) is 2. The molecule has 2 aromatic rings. The zero-order valence-electron chi connectivity index (χ0n) is 16.2. The number of amides is 2. The summed E-state index contributed by atoms with van der Waals surface area (Å²) in [6.07, 6.45) is 3.06. The highest BCUT2D eigenvalue weighted by Crippen LogP contribution is 2.24. The third-order valence-electron chi connectivity index (χ3n) is 4.46. The molecule has 2 aromatic heterocycles. The van der Waals surface area contributed by atoms with Crippen LogP contribution < -0.4 is 15.8 Å². The Bertz CT molecular complexity index is 812. The van der Waals surface area contributed by atoms with Crippen molar-refractivity contribution in [2.45, 2.75) is 39.5 Å². The van der Waals surface area contributed by atoms with E-state index in [9.17, 15) is 9.59 Å². The van der Waals surface area contributed by atoms with E-state index in [0.717, 1.165) is 37.5 Å². The van der Waals surface area contributed by atoms with Crippen LogP contribution in [0.15, 0.2) is 11.4 Å². The maximum atomic E-state index is 12.4. The molecule has 0 saturated carbocycles. The molecule has 1 fully saturated rings. The Morgan fingerprint density at radius 2 is 2.04 bits per heavy atom. The Morgan fingerprint density at radius 3 is 2.75 bits per heavy atom. The van der Waals surface area contributed by atoms with Crippen LogP contribution in [0.2, 0.25) is 0 Å². The number of hydrogen-bond acceptors (Lipinski definition) is 7. The van der Waals surface area contributed by atoms with Gasteiger partial charge >= 0.3 is 0 Å². The molecule has 1 aliphatic rings. The number of thiazole rings is 1. The van der Waals surface area contributed by atoms with Crippen LogP contribution >= 0.6 is 22.7 Å². The van der Waals surface area contributed by atoms with Crippen LogP contribution in [0.1, 0.15) is 46.1 Å². The summed E-state index contributed by atoms with van der Waals surface area (Å²) < 4.78 is 5.34. The number of aromatic nitrogens is 1. The smallest absolute Gasteiger partial charge is 0.279 e. The first-order valence-corrected chi connectivity index (χ1v) is 11.3. The predicted molar refractivity (Wildman–Crippen MR) is 112 cm³/mol. The van der Waals surface area contributed by atoms with Crippen molar-refractivity contribution in [1.29, 1.82) is 0 Å². The van der Waals surface area contributed by atoms with Gasteiger partial charge in [0.15, 0.2) is 5.13 Å². The molecule has 0 atom stereocenters. The van der Waals surface area contributed by atoms with Crippen molar-refractivity contribution >= 4 is 39.6 Å². The second kappa shape index (κ2) is 9.99. The number of hydrogen-bond donors (Lipinski definition) is 2. The lowest BCUT2D eigenvalue weighted by atomic mass is 10.1. The van der Waals surface area contributed by atoms with Crippen molar-refractivity contribution in [3.8, 4) is 0 Å². The zero-order valence-corrected chi connectivity index (χ0v) is 17.9. The molecule has 0 radical (unpaired) electrons. The number of carbonyl (C=O) groups is 2. The van der Waals surface area contributed by atoms with E-state index in [0.29, 0.717) is 23.8 Å². The Kier molecular flexibility index (Phi) is 7.41. The van der Waals surface area contributed by atoms with Crippen LogP contribution in [0.25, 0.3) is 0 Å². The maximum absolute atomic E-state index is 12.4. The van der Waals surface area contributed by atoms with Gasteiger partial charge in [0.2, 0.25) is 5.91 Å². The van der Waals surface area contributed by atoms with Crippen LogP contribution in [0.3, 0.4) is 0 Å². The average Bonchev–Trinajstić information content (AvgIpc) is 3.34. The number of nitrogens with one attached hydrogen (secondary N) is 2. The van der Waals surface area contributed by atoms with Crippen LogP contribution in [0.4, 0.5) is 5.13 Å². The van der Waals surface area contributed by atoms with E-state index in [1.165, 1.54) is 33.1 Å².